The van der Waals surface area contributed by atoms with Crippen molar-refractivity contribution in [1.29, 1.82) is 0 Å². The second kappa shape index (κ2) is 7.27. The Hall–Kier alpha value is -3.00. The van der Waals surface area contributed by atoms with E-state index in [1.54, 1.807) is 43.2 Å². The number of para-hydroxylation sites is 1. The molecule has 0 saturated heterocycles. The van der Waals surface area contributed by atoms with Gasteiger partial charge in [-0.3, -0.25) is 18.8 Å². The molecule has 0 saturated carbocycles. The molecule has 0 aliphatic carbocycles. The number of carbonyl (C=O) groups excluding carboxylic acids is 1. The van der Waals surface area contributed by atoms with Crippen LogP contribution < -0.4 is 10.9 Å². The minimum Gasteiger partial charge on any atom is -0.382 e. The number of rotatable bonds is 6. The zero-order valence-corrected chi connectivity index (χ0v) is 14.0. The summed E-state index contributed by atoms with van der Waals surface area (Å²) >= 11 is 0. The Morgan fingerprint density at radius 1 is 1.32 bits per heavy atom. The van der Waals surface area contributed by atoms with Crippen molar-refractivity contribution >= 4 is 16.8 Å². The highest BCUT2D eigenvalue weighted by Crippen LogP contribution is 2.12. The number of methoxy groups -OCH3 is 1. The van der Waals surface area contributed by atoms with E-state index in [-0.39, 0.29) is 24.1 Å². The second-order valence-electron chi connectivity index (χ2n) is 5.65. The van der Waals surface area contributed by atoms with E-state index in [9.17, 15) is 9.59 Å². The van der Waals surface area contributed by atoms with Crippen molar-refractivity contribution in [2.75, 3.05) is 13.7 Å². The van der Waals surface area contributed by atoms with Gasteiger partial charge < -0.3 is 10.1 Å². The maximum Gasteiger partial charge on any atom is 0.261 e. The van der Waals surface area contributed by atoms with Gasteiger partial charge in [0.15, 0.2) is 0 Å². The van der Waals surface area contributed by atoms with Crippen LogP contribution in [0.15, 0.2) is 47.7 Å². The molecule has 0 aliphatic heterocycles. The van der Waals surface area contributed by atoms with Gasteiger partial charge >= 0.3 is 0 Å². The summed E-state index contributed by atoms with van der Waals surface area (Å²) < 4.78 is 8.15. The summed E-state index contributed by atoms with van der Waals surface area (Å²) in [4.78, 5) is 29.1. The molecular weight excluding hydrogens is 322 g/mol. The molecule has 3 aromatic rings. The Morgan fingerprint density at radius 3 is 2.84 bits per heavy atom. The van der Waals surface area contributed by atoms with Crippen LogP contribution in [0.3, 0.4) is 0 Å². The monoisotopic (exact) mass is 341 g/mol. The highest BCUT2D eigenvalue weighted by Gasteiger charge is 2.18. The molecule has 8 nitrogen and oxygen atoms in total. The van der Waals surface area contributed by atoms with Crippen LogP contribution in [0.5, 0.6) is 0 Å². The highest BCUT2D eigenvalue weighted by atomic mass is 16.5. The predicted molar refractivity (Wildman–Crippen MR) is 92.0 cm³/mol. The Bertz CT molecular complexity index is 947. The molecule has 3 rings (SSSR count). The topological polar surface area (TPSA) is 91.0 Å². The molecule has 130 valence electrons. The maximum atomic E-state index is 12.5. The number of nitrogens with one attached hydrogen (secondary N) is 1. The van der Waals surface area contributed by atoms with Crippen LogP contribution in [0, 0.1) is 0 Å². The second-order valence-corrected chi connectivity index (χ2v) is 5.65. The van der Waals surface area contributed by atoms with E-state index in [0.29, 0.717) is 17.5 Å². The zero-order valence-electron chi connectivity index (χ0n) is 14.0. The highest BCUT2D eigenvalue weighted by molar-refractivity contribution is 5.79. The number of benzene rings is 1. The van der Waals surface area contributed by atoms with Crippen molar-refractivity contribution in [2.45, 2.75) is 12.6 Å². The molecule has 0 radical (unpaired) electrons. The molecule has 2 heterocycles. The summed E-state index contributed by atoms with van der Waals surface area (Å²) in [5.41, 5.74) is 1.18. The van der Waals surface area contributed by atoms with Crippen LogP contribution in [0.25, 0.3) is 10.9 Å². The van der Waals surface area contributed by atoms with Gasteiger partial charge in [0.05, 0.1) is 35.6 Å². The lowest BCUT2D eigenvalue weighted by atomic mass is 10.2. The number of nitrogens with zero attached hydrogens (tertiary/aromatic N) is 4. The number of ether oxygens (including phenoxy) is 1. The van der Waals surface area contributed by atoms with E-state index in [1.165, 1.54) is 10.9 Å². The summed E-state index contributed by atoms with van der Waals surface area (Å²) in [6.07, 6.45) is 3.04. The molecular formula is C17H19N5O3. The summed E-state index contributed by atoms with van der Waals surface area (Å²) in [6.45, 7) is 0.185. The largest absolute Gasteiger partial charge is 0.382 e. The molecule has 0 spiro atoms. The molecule has 1 N–H and O–H groups in total. The first-order valence-electron chi connectivity index (χ1n) is 7.80. The average Bonchev–Trinajstić information content (AvgIpc) is 3.03. The van der Waals surface area contributed by atoms with Crippen molar-refractivity contribution < 1.29 is 9.53 Å². The summed E-state index contributed by atoms with van der Waals surface area (Å²) in [5.74, 6) is -0.303. The number of fused-ring (bicyclic) bond motifs is 1. The molecule has 1 amide bonds. The summed E-state index contributed by atoms with van der Waals surface area (Å²) in [6, 6.07) is 8.50. The molecule has 0 unspecified atom stereocenters. The SMILES string of the molecule is COC[C@H](NC(=O)Cn1cnc2ccccc2c1=O)c1ccnn1C. The van der Waals surface area contributed by atoms with Crippen LogP contribution in [-0.4, -0.2) is 39.0 Å². The quantitative estimate of drug-likeness (QED) is 0.710. The first kappa shape index (κ1) is 16.8. The molecule has 25 heavy (non-hydrogen) atoms. The number of amides is 1. The number of hydrogen-bond donors (Lipinski definition) is 1. The van der Waals surface area contributed by atoms with Crippen LogP contribution in [0.2, 0.25) is 0 Å². The lowest BCUT2D eigenvalue weighted by Crippen LogP contribution is -2.37. The Balaban J connectivity index is 1.79. The number of hydrogen-bond acceptors (Lipinski definition) is 5. The van der Waals surface area contributed by atoms with Gasteiger partial charge in [0, 0.05) is 20.4 Å². The fourth-order valence-electron chi connectivity index (χ4n) is 2.71. The van der Waals surface area contributed by atoms with E-state index < -0.39 is 0 Å². The number of carbonyl (C=O) groups is 1. The van der Waals surface area contributed by atoms with Crippen LogP contribution >= 0.6 is 0 Å². The van der Waals surface area contributed by atoms with E-state index in [2.05, 4.69) is 15.4 Å². The fraction of sp³-hybridized carbons (Fsp3) is 0.294. The third-order valence-electron chi connectivity index (χ3n) is 3.93. The Labute approximate surface area is 144 Å². The number of aryl methyl sites for hydroxylation is 1. The van der Waals surface area contributed by atoms with E-state index in [4.69, 9.17) is 4.74 Å². The minimum atomic E-state index is -0.353. The van der Waals surface area contributed by atoms with E-state index in [0.717, 1.165) is 5.69 Å². The van der Waals surface area contributed by atoms with Gasteiger partial charge in [-0.2, -0.15) is 5.10 Å². The van der Waals surface area contributed by atoms with Crippen LogP contribution in [0.4, 0.5) is 0 Å². The standard InChI is InChI=1S/C17H19N5O3/c1-21-15(7-8-19-21)14(10-25-2)20-16(23)9-22-11-18-13-6-4-3-5-12(13)17(22)24/h3-8,11,14H,9-10H2,1-2H3,(H,20,23)/t14-/m0/s1. The molecule has 1 atom stereocenters. The smallest absolute Gasteiger partial charge is 0.261 e. The summed E-state index contributed by atoms with van der Waals surface area (Å²) in [5, 5.41) is 7.46. The zero-order chi connectivity index (χ0) is 17.8. The van der Waals surface area contributed by atoms with Crippen molar-refractivity contribution in [2.24, 2.45) is 7.05 Å². The van der Waals surface area contributed by atoms with Gasteiger partial charge in [0.1, 0.15) is 6.54 Å². The molecule has 0 aliphatic rings. The first-order valence-corrected chi connectivity index (χ1v) is 7.80. The van der Waals surface area contributed by atoms with Crippen LogP contribution in [0.1, 0.15) is 11.7 Å². The van der Waals surface area contributed by atoms with Crippen molar-refractivity contribution in [3.8, 4) is 0 Å². The Kier molecular flexibility index (Phi) is 4.90. The molecule has 0 fully saturated rings. The maximum absolute atomic E-state index is 12.5. The minimum absolute atomic E-state index is 0.116. The van der Waals surface area contributed by atoms with Gasteiger partial charge in [-0.25, -0.2) is 4.98 Å². The van der Waals surface area contributed by atoms with Gasteiger partial charge in [-0.15, -0.1) is 0 Å². The molecule has 2 aromatic heterocycles. The first-order chi connectivity index (χ1) is 12.1. The fourth-order valence-corrected chi connectivity index (χ4v) is 2.71. The van der Waals surface area contributed by atoms with Crippen molar-refractivity contribution in [1.82, 2.24) is 24.6 Å². The molecule has 8 heteroatoms. The van der Waals surface area contributed by atoms with E-state index >= 15 is 0 Å². The molecule has 1 aromatic carbocycles. The molecule has 0 bridgehead atoms. The lowest BCUT2D eigenvalue weighted by molar-refractivity contribution is -0.122. The number of aromatic nitrogens is 4. The predicted octanol–water partition coefficient (Wildman–Crippen LogP) is 0.634. The van der Waals surface area contributed by atoms with Gasteiger partial charge in [0.25, 0.3) is 5.56 Å². The van der Waals surface area contributed by atoms with E-state index in [1.807, 2.05) is 12.1 Å². The van der Waals surface area contributed by atoms with Gasteiger partial charge in [-0.05, 0) is 18.2 Å². The van der Waals surface area contributed by atoms with Crippen LogP contribution in [-0.2, 0) is 23.1 Å². The third kappa shape index (κ3) is 3.58. The van der Waals surface area contributed by atoms with Gasteiger partial charge in [0.2, 0.25) is 5.91 Å². The lowest BCUT2D eigenvalue weighted by Gasteiger charge is -2.18. The normalized spacial score (nSPS) is 12.2. The summed E-state index contributed by atoms with van der Waals surface area (Å²) in [7, 11) is 3.36. The third-order valence-corrected chi connectivity index (χ3v) is 3.93. The average molecular weight is 341 g/mol. The Morgan fingerprint density at radius 2 is 2.12 bits per heavy atom. The van der Waals surface area contributed by atoms with Crippen molar-refractivity contribution in [3.63, 3.8) is 0 Å². The van der Waals surface area contributed by atoms with Crippen molar-refractivity contribution in [3.05, 3.63) is 58.9 Å². The van der Waals surface area contributed by atoms with Gasteiger partial charge in [-0.1, -0.05) is 12.1 Å².